The Morgan fingerprint density at radius 1 is 0.391 bits per heavy atom. The lowest BCUT2D eigenvalue weighted by molar-refractivity contribution is -0.141. The van der Waals surface area contributed by atoms with Gasteiger partial charge < -0.3 is 19.6 Å². The number of likely N-dealkylation sites (tertiary alicyclic amines) is 1. The molecule has 8 aromatic carbocycles. The summed E-state index contributed by atoms with van der Waals surface area (Å²) >= 11 is 27.3. The van der Waals surface area contributed by atoms with E-state index in [9.17, 15) is 14.7 Å². The van der Waals surface area contributed by atoms with E-state index < -0.39 is 11.6 Å². The van der Waals surface area contributed by atoms with Crippen LogP contribution >= 0.6 is 46.4 Å². The Bertz CT molecular complexity index is 6140. The first-order valence-electron chi connectivity index (χ1n) is 37.3. The van der Waals surface area contributed by atoms with Gasteiger partial charge in [0, 0.05) is 96.5 Å². The molecule has 115 heavy (non-hydrogen) atoms. The lowest BCUT2D eigenvalue weighted by Gasteiger charge is -2.35. The number of likely N-dealkylation sites (N-methyl/N-ethyl adjacent to an activating group) is 1. The van der Waals surface area contributed by atoms with Crippen LogP contribution in [0.1, 0.15) is 20.3 Å². The molecule has 0 unspecified atom stereocenters. The monoisotopic (exact) mass is 1600 g/mol. The van der Waals surface area contributed by atoms with Crippen LogP contribution in [0.3, 0.4) is 0 Å². The van der Waals surface area contributed by atoms with Gasteiger partial charge in [0.1, 0.15) is 58.6 Å². The molecule has 27 heteroatoms. The number of amides is 1. The van der Waals surface area contributed by atoms with Crippen molar-refractivity contribution in [3.63, 3.8) is 0 Å². The van der Waals surface area contributed by atoms with Crippen LogP contribution in [0.5, 0.6) is 0 Å². The molecule has 0 spiro atoms. The van der Waals surface area contributed by atoms with Crippen molar-refractivity contribution in [2.24, 2.45) is 0 Å². The molecular formula is C88H77Cl4N19O4. The standard InChI is InChI=1S/C25H25ClN6.C22H18ClN5O.C21H19ClN4O.C20H15ClN4O2/c1-18-17-31(14-13-30(18)2)15-16-32-25-21(23(29-32)19-9-5-3-6-10-19)22(26)24(27-28-25)20-11-7-4-8-12-20;23-19-18-20(15-8-3-1-4-9-15)26-28(14-17(29)27-12-7-13-27)22(18)25-24-21(19)16-10-5-2-6-11-16;1-21(2,27)13-26-20-16(18(25-26)14-9-5-3-6-10-14)17(22)19(23-24-20)15-11-7-4-8-12-15;1-27-15(26)12-25-20-16(18(24-25)13-8-4-2-5-9-13)17(21)19(22-23-20)14-10-6-3-7-11-14/h3-12H,1,13-17H2,2H3;1-6,8-11H,7,12-14H2;3-12,27H,13H2,1-2H3;2-11H,12H2,1H3. The van der Waals surface area contributed by atoms with E-state index in [-0.39, 0.29) is 25.5 Å². The number of carbonyl (C=O) groups excluding carboxylic acids is 2. The van der Waals surface area contributed by atoms with Crippen molar-refractivity contribution < 1.29 is 19.4 Å². The minimum Gasteiger partial charge on any atom is -0.468 e. The predicted octanol–water partition coefficient (Wildman–Crippen LogP) is 17.2. The van der Waals surface area contributed by atoms with Gasteiger partial charge in [-0.15, -0.1) is 40.8 Å². The Morgan fingerprint density at radius 3 is 0.974 bits per heavy atom. The zero-order chi connectivity index (χ0) is 79.7. The quantitative estimate of drug-likeness (QED) is 0.0832. The van der Waals surface area contributed by atoms with Gasteiger partial charge in [0.25, 0.3) is 0 Å². The fourth-order valence-corrected chi connectivity index (χ4v) is 14.8. The zero-order valence-corrected chi connectivity index (χ0v) is 66.3. The number of hydrogen-bond donors (Lipinski definition) is 1. The minimum absolute atomic E-state index is 0.0327. The number of methoxy groups -OCH3 is 1. The molecule has 1 amide bonds. The number of esters is 1. The number of rotatable bonds is 17. The van der Waals surface area contributed by atoms with Crippen LogP contribution in [-0.2, 0) is 40.5 Å². The van der Waals surface area contributed by atoms with Gasteiger partial charge in [0.2, 0.25) is 5.91 Å². The van der Waals surface area contributed by atoms with Crippen molar-refractivity contribution in [1.82, 2.24) is 94.6 Å². The number of piperazine rings is 1. The van der Waals surface area contributed by atoms with Crippen LogP contribution in [0.4, 0.5) is 0 Å². The van der Waals surface area contributed by atoms with Gasteiger partial charge in [0.15, 0.2) is 22.6 Å². The second-order valence-corrected chi connectivity index (χ2v) is 29.7. The lowest BCUT2D eigenvalue weighted by atomic mass is 10.1. The molecule has 16 aromatic rings. The normalized spacial score (nSPS) is 12.9. The molecule has 0 radical (unpaired) electrons. The topological polar surface area (TPSA) is 248 Å². The Morgan fingerprint density at radius 2 is 0.678 bits per heavy atom. The molecule has 0 bridgehead atoms. The van der Waals surface area contributed by atoms with Crippen molar-refractivity contribution >= 4 is 102 Å². The summed E-state index contributed by atoms with van der Waals surface area (Å²) in [6, 6.07) is 78.3. The average molecular weight is 1610 g/mol. The van der Waals surface area contributed by atoms with Gasteiger partial charge in [-0.2, -0.15) is 20.4 Å². The van der Waals surface area contributed by atoms with Gasteiger partial charge in [-0.1, -0.05) is 296 Å². The molecule has 0 atom stereocenters. The molecule has 2 saturated heterocycles. The van der Waals surface area contributed by atoms with E-state index in [1.165, 1.54) is 11.8 Å². The van der Waals surface area contributed by atoms with Gasteiger partial charge in [-0.05, 0) is 20.3 Å². The number of halogens is 4. The van der Waals surface area contributed by atoms with Crippen LogP contribution in [0, 0.1) is 0 Å². The van der Waals surface area contributed by atoms with E-state index in [2.05, 4.69) is 81.4 Å². The Hall–Kier alpha value is -12.5. The maximum absolute atomic E-state index is 12.5. The fourth-order valence-electron chi connectivity index (χ4n) is 13.5. The second kappa shape index (κ2) is 34.9. The van der Waals surface area contributed by atoms with E-state index in [0.29, 0.717) is 94.2 Å². The van der Waals surface area contributed by atoms with Crippen molar-refractivity contribution in [1.29, 1.82) is 0 Å². The minimum atomic E-state index is -0.945. The number of ether oxygens (including phenoxy) is 1. The molecule has 23 nitrogen and oxygen atoms in total. The lowest BCUT2D eigenvalue weighted by Crippen LogP contribution is -2.43. The van der Waals surface area contributed by atoms with Gasteiger partial charge >= 0.3 is 5.97 Å². The molecule has 0 aliphatic carbocycles. The number of hydrogen-bond acceptors (Lipinski definition) is 18. The van der Waals surface area contributed by atoms with E-state index >= 15 is 0 Å². The molecule has 576 valence electrons. The fraction of sp³-hybridized carbons (Fsp3) is 0.182. The summed E-state index contributed by atoms with van der Waals surface area (Å²) in [4.78, 5) is 30.7. The molecule has 2 aliphatic heterocycles. The van der Waals surface area contributed by atoms with E-state index in [0.717, 1.165) is 118 Å². The van der Waals surface area contributed by atoms with Crippen molar-refractivity contribution in [2.45, 2.75) is 52.0 Å². The highest BCUT2D eigenvalue weighted by atomic mass is 35.5. The zero-order valence-electron chi connectivity index (χ0n) is 63.3. The van der Waals surface area contributed by atoms with Crippen LogP contribution in [0.15, 0.2) is 255 Å². The summed E-state index contributed by atoms with van der Waals surface area (Å²) < 4.78 is 11.5. The summed E-state index contributed by atoms with van der Waals surface area (Å²) in [6.07, 6.45) is 1.05. The maximum atomic E-state index is 12.5. The molecule has 10 heterocycles. The molecule has 18 rings (SSSR count). The third-order valence-electron chi connectivity index (χ3n) is 19.6. The molecule has 2 fully saturated rings. The highest BCUT2D eigenvalue weighted by molar-refractivity contribution is 6.40. The summed E-state index contributed by atoms with van der Waals surface area (Å²) in [7, 11) is 3.42. The Labute approximate surface area is 682 Å². The van der Waals surface area contributed by atoms with Crippen LogP contribution < -0.4 is 0 Å². The van der Waals surface area contributed by atoms with E-state index in [1.54, 1.807) is 23.2 Å². The highest BCUT2D eigenvalue weighted by Gasteiger charge is 2.30. The SMILES string of the molecule is C=C1CN(CCn2nc(-c3ccccc3)c3c(Cl)c(-c4ccccc4)nnc32)CCN1C.CC(C)(O)Cn1nc(-c2ccccc2)c2c(Cl)c(-c3ccccc3)nnc21.COC(=O)Cn1nc(-c2ccccc2)c2c(Cl)c(-c3ccccc3)nnc21.O=C(Cn1nc(-c2ccccc2)c2c(Cl)c(-c3ccccc3)nnc21)N1CCC1. The average Bonchev–Trinajstić information content (AvgIpc) is 1.64. The number of fused-ring (bicyclic) bond motifs is 4. The summed E-state index contributed by atoms with van der Waals surface area (Å²) in [5.41, 5.74) is 15.1. The van der Waals surface area contributed by atoms with Crippen LogP contribution in [-0.4, -0.2) is 171 Å². The summed E-state index contributed by atoms with van der Waals surface area (Å²) in [6.45, 7) is 14.0. The van der Waals surface area contributed by atoms with Crippen LogP contribution in [0.25, 0.3) is 134 Å². The number of aliphatic hydroxyl groups is 1. The molecule has 1 N–H and O–H groups in total. The molecule has 8 aromatic heterocycles. The number of carbonyl (C=O) groups is 2. The van der Waals surface area contributed by atoms with Gasteiger partial charge in [-0.3, -0.25) is 14.5 Å². The summed E-state index contributed by atoms with van der Waals surface area (Å²) in [5, 5.41) is 69.4. The third-order valence-corrected chi connectivity index (χ3v) is 21.1. The van der Waals surface area contributed by atoms with Crippen LogP contribution in [0.2, 0.25) is 20.1 Å². The third kappa shape index (κ3) is 17.1. The summed E-state index contributed by atoms with van der Waals surface area (Å²) in [5.74, 6) is -0.394. The largest absolute Gasteiger partial charge is 0.468 e. The van der Waals surface area contributed by atoms with Gasteiger partial charge in [0.05, 0.1) is 67.4 Å². The first kappa shape index (κ1) is 77.8. The Balaban J connectivity index is 0.000000121. The van der Waals surface area contributed by atoms with E-state index in [4.69, 9.17) is 66.4 Å². The van der Waals surface area contributed by atoms with E-state index in [1.807, 2.05) is 240 Å². The Kier molecular flexibility index (Phi) is 23.6. The highest BCUT2D eigenvalue weighted by Crippen LogP contribution is 2.42. The number of benzene rings is 8. The molecular weight excluding hydrogens is 1530 g/mol. The molecule has 0 saturated carbocycles. The first-order chi connectivity index (χ1) is 56.0. The maximum Gasteiger partial charge on any atom is 0.327 e. The molecule has 2 aliphatic rings. The first-order valence-corrected chi connectivity index (χ1v) is 38.8. The van der Waals surface area contributed by atoms with Crippen molar-refractivity contribution in [2.75, 3.05) is 53.4 Å². The van der Waals surface area contributed by atoms with Gasteiger partial charge in [-0.25, -0.2) is 18.7 Å². The van der Waals surface area contributed by atoms with Crippen molar-refractivity contribution in [3.05, 3.63) is 275 Å². The number of aromatic nitrogens is 16. The second-order valence-electron chi connectivity index (χ2n) is 28.2. The number of nitrogens with zero attached hydrogens (tertiary/aromatic N) is 19. The van der Waals surface area contributed by atoms with Crippen molar-refractivity contribution in [3.8, 4) is 90.1 Å². The smallest absolute Gasteiger partial charge is 0.327 e. The predicted molar refractivity (Wildman–Crippen MR) is 453 cm³/mol.